The van der Waals surface area contributed by atoms with Crippen molar-refractivity contribution in [3.8, 4) is 0 Å². The van der Waals surface area contributed by atoms with Crippen LogP contribution in [0.2, 0.25) is 0 Å². The smallest absolute Gasteiger partial charge is 0.326 e. The van der Waals surface area contributed by atoms with Gasteiger partial charge in [-0.1, -0.05) is 18.2 Å². The molecule has 0 radical (unpaired) electrons. The molecule has 0 fully saturated rings. The van der Waals surface area contributed by atoms with Crippen LogP contribution >= 0.6 is 0 Å². The Morgan fingerprint density at radius 3 is 2.95 bits per heavy atom. The summed E-state index contributed by atoms with van der Waals surface area (Å²) in [6.45, 7) is 0.570. The molecule has 4 rings (SSSR count). The first-order valence-electron chi connectivity index (χ1n) is 6.82. The summed E-state index contributed by atoms with van der Waals surface area (Å²) in [5, 5.41) is 8.29. The van der Waals surface area contributed by atoms with Crippen LogP contribution in [0.15, 0.2) is 48.7 Å². The summed E-state index contributed by atoms with van der Waals surface area (Å²) in [4.78, 5) is 14.0. The minimum Gasteiger partial charge on any atom is -0.333 e. The van der Waals surface area contributed by atoms with Crippen LogP contribution in [0.1, 0.15) is 5.56 Å². The maximum atomic E-state index is 12.3. The molecular weight excluding hydrogens is 264 g/mol. The molecule has 2 aromatic carbocycles. The number of amides is 2. The van der Waals surface area contributed by atoms with Crippen LogP contribution < -0.4 is 10.2 Å². The first kappa shape index (κ1) is 12.0. The second-order valence-electron chi connectivity index (χ2n) is 5.17. The Labute approximate surface area is 121 Å². The van der Waals surface area contributed by atoms with E-state index in [4.69, 9.17) is 0 Å². The van der Waals surface area contributed by atoms with Crippen LogP contribution in [0.3, 0.4) is 0 Å². The number of hydrogen-bond acceptors (Lipinski definition) is 2. The number of urea groups is 1. The van der Waals surface area contributed by atoms with Gasteiger partial charge < -0.3 is 5.32 Å². The molecule has 1 aliphatic heterocycles. The fourth-order valence-corrected chi connectivity index (χ4v) is 2.77. The van der Waals surface area contributed by atoms with Crippen LogP contribution in [-0.2, 0) is 13.6 Å². The van der Waals surface area contributed by atoms with Crippen molar-refractivity contribution in [1.29, 1.82) is 0 Å². The topological polar surface area (TPSA) is 50.2 Å². The number of fused-ring (bicyclic) bond motifs is 2. The second-order valence-corrected chi connectivity index (χ2v) is 5.17. The highest BCUT2D eigenvalue weighted by atomic mass is 16.2. The van der Waals surface area contributed by atoms with E-state index in [0.29, 0.717) is 6.54 Å². The van der Waals surface area contributed by atoms with Gasteiger partial charge in [-0.05, 0) is 29.8 Å². The predicted molar refractivity (Wildman–Crippen MR) is 81.5 cm³/mol. The molecule has 2 amide bonds. The molecule has 1 N–H and O–H groups in total. The minimum atomic E-state index is -0.100. The third-order valence-electron chi connectivity index (χ3n) is 3.73. The van der Waals surface area contributed by atoms with Crippen molar-refractivity contribution in [2.75, 3.05) is 4.90 Å². The van der Waals surface area contributed by atoms with E-state index in [1.807, 2.05) is 55.7 Å². The van der Waals surface area contributed by atoms with Gasteiger partial charge in [0.15, 0.2) is 0 Å². The van der Waals surface area contributed by atoms with Gasteiger partial charge in [0.1, 0.15) is 0 Å². The number of carbonyl (C=O) groups excluding carboxylic acids is 1. The van der Waals surface area contributed by atoms with E-state index in [9.17, 15) is 4.79 Å². The Bertz CT molecular complexity index is 852. The number of aromatic nitrogens is 2. The third kappa shape index (κ3) is 1.86. The lowest BCUT2D eigenvalue weighted by Gasteiger charge is -2.30. The molecule has 3 aromatic rings. The van der Waals surface area contributed by atoms with E-state index in [-0.39, 0.29) is 6.03 Å². The average molecular weight is 278 g/mol. The molecule has 0 saturated carbocycles. The number of aryl methyl sites for hydroxylation is 1. The lowest BCUT2D eigenvalue weighted by Crippen LogP contribution is -2.41. The van der Waals surface area contributed by atoms with Crippen LogP contribution in [0.4, 0.5) is 16.2 Å². The number of benzene rings is 2. The SMILES string of the molecule is Cn1cc2cc(N3C(=O)NCc4ccccc43)ccc2n1. The first-order valence-corrected chi connectivity index (χ1v) is 6.82. The Balaban J connectivity index is 1.88. The number of para-hydroxylation sites is 1. The van der Waals surface area contributed by atoms with Crippen LogP contribution in [0, 0.1) is 0 Å². The molecule has 0 bridgehead atoms. The standard InChI is InChI=1S/C16H14N4O/c1-19-10-12-8-13(6-7-14(12)18-19)20-15-5-3-2-4-11(15)9-17-16(20)21/h2-8,10H,9H2,1H3,(H,17,21). The summed E-state index contributed by atoms with van der Waals surface area (Å²) in [6.07, 6.45) is 1.95. The van der Waals surface area contributed by atoms with Crippen LogP contribution in [-0.4, -0.2) is 15.8 Å². The van der Waals surface area contributed by atoms with Gasteiger partial charge in [-0.2, -0.15) is 5.10 Å². The second kappa shape index (κ2) is 4.34. The Hall–Kier alpha value is -2.82. The molecule has 5 heteroatoms. The van der Waals surface area contributed by atoms with Crippen molar-refractivity contribution >= 4 is 28.3 Å². The summed E-state index contributed by atoms with van der Waals surface area (Å²) >= 11 is 0. The van der Waals surface area contributed by atoms with Crippen molar-refractivity contribution in [2.45, 2.75) is 6.54 Å². The zero-order valence-electron chi connectivity index (χ0n) is 11.6. The molecule has 2 heterocycles. The molecule has 0 aliphatic carbocycles. The molecule has 1 aliphatic rings. The van der Waals surface area contributed by atoms with E-state index < -0.39 is 0 Å². The monoisotopic (exact) mass is 278 g/mol. The van der Waals surface area contributed by atoms with Gasteiger partial charge in [-0.3, -0.25) is 9.58 Å². The fraction of sp³-hybridized carbons (Fsp3) is 0.125. The highest BCUT2D eigenvalue weighted by Gasteiger charge is 2.25. The van der Waals surface area contributed by atoms with Gasteiger partial charge in [-0.15, -0.1) is 0 Å². The summed E-state index contributed by atoms with van der Waals surface area (Å²) in [7, 11) is 1.89. The number of nitrogens with one attached hydrogen (secondary N) is 1. The quantitative estimate of drug-likeness (QED) is 0.744. The molecule has 0 atom stereocenters. The van der Waals surface area contributed by atoms with Gasteiger partial charge in [0.05, 0.1) is 16.9 Å². The number of nitrogens with zero attached hydrogens (tertiary/aromatic N) is 3. The number of carbonyl (C=O) groups is 1. The summed E-state index contributed by atoms with van der Waals surface area (Å²) in [6, 6.07) is 13.7. The Morgan fingerprint density at radius 2 is 2.05 bits per heavy atom. The Kier molecular flexibility index (Phi) is 2.47. The van der Waals surface area contributed by atoms with Gasteiger partial charge >= 0.3 is 6.03 Å². The zero-order chi connectivity index (χ0) is 14.4. The van der Waals surface area contributed by atoms with Gasteiger partial charge in [-0.25, -0.2) is 4.79 Å². The maximum absolute atomic E-state index is 12.3. The Morgan fingerprint density at radius 1 is 1.19 bits per heavy atom. The predicted octanol–water partition coefficient (Wildman–Crippen LogP) is 2.93. The molecule has 0 unspecified atom stereocenters. The largest absolute Gasteiger partial charge is 0.333 e. The molecular formula is C16H14N4O. The summed E-state index contributed by atoms with van der Waals surface area (Å²) < 4.78 is 1.78. The molecule has 1 aromatic heterocycles. The zero-order valence-corrected chi connectivity index (χ0v) is 11.6. The van der Waals surface area contributed by atoms with E-state index in [0.717, 1.165) is 27.8 Å². The number of anilines is 2. The van der Waals surface area contributed by atoms with Gasteiger partial charge in [0.2, 0.25) is 0 Å². The van der Waals surface area contributed by atoms with Gasteiger partial charge in [0.25, 0.3) is 0 Å². The van der Waals surface area contributed by atoms with Crippen molar-refractivity contribution in [3.05, 3.63) is 54.2 Å². The fourth-order valence-electron chi connectivity index (χ4n) is 2.77. The van der Waals surface area contributed by atoms with Crippen molar-refractivity contribution in [2.24, 2.45) is 7.05 Å². The number of hydrogen-bond donors (Lipinski definition) is 1. The van der Waals surface area contributed by atoms with Gasteiger partial charge in [0, 0.05) is 25.2 Å². The van der Waals surface area contributed by atoms with E-state index in [1.54, 1.807) is 9.58 Å². The first-order chi connectivity index (χ1) is 10.2. The lowest BCUT2D eigenvalue weighted by atomic mass is 10.1. The van der Waals surface area contributed by atoms with E-state index in [2.05, 4.69) is 10.4 Å². The van der Waals surface area contributed by atoms with Crippen LogP contribution in [0.25, 0.3) is 10.9 Å². The van der Waals surface area contributed by atoms with Crippen molar-refractivity contribution < 1.29 is 4.79 Å². The molecule has 104 valence electrons. The third-order valence-corrected chi connectivity index (χ3v) is 3.73. The molecule has 5 nitrogen and oxygen atoms in total. The average Bonchev–Trinajstić information content (AvgIpc) is 2.86. The lowest BCUT2D eigenvalue weighted by molar-refractivity contribution is 0.247. The van der Waals surface area contributed by atoms with E-state index in [1.165, 1.54) is 0 Å². The summed E-state index contributed by atoms with van der Waals surface area (Å²) in [5.41, 5.74) is 3.82. The maximum Gasteiger partial charge on any atom is 0.326 e. The van der Waals surface area contributed by atoms with E-state index >= 15 is 0 Å². The number of rotatable bonds is 1. The molecule has 21 heavy (non-hydrogen) atoms. The van der Waals surface area contributed by atoms with Crippen molar-refractivity contribution in [3.63, 3.8) is 0 Å². The highest BCUT2D eigenvalue weighted by Crippen LogP contribution is 2.32. The van der Waals surface area contributed by atoms with Crippen molar-refractivity contribution in [1.82, 2.24) is 15.1 Å². The summed E-state index contributed by atoms with van der Waals surface area (Å²) in [5.74, 6) is 0. The molecule has 0 spiro atoms. The molecule has 0 saturated heterocycles. The highest BCUT2D eigenvalue weighted by molar-refractivity contribution is 6.03. The normalized spacial score (nSPS) is 14.1. The minimum absolute atomic E-state index is 0.100. The van der Waals surface area contributed by atoms with Crippen LogP contribution in [0.5, 0.6) is 0 Å².